The van der Waals surface area contributed by atoms with Gasteiger partial charge in [-0.05, 0) is 12.1 Å². The second kappa shape index (κ2) is 4.17. The molecule has 0 saturated carbocycles. The molecule has 4 nitrogen and oxygen atoms in total. The van der Waals surface area contributed by atoms with Crippen molar-refractivity contribution in [3.8, 4) is 5.75 Å². The summed E-state index contributed by atoms with van der Waals surface area (Å²) in [7, 11) is -1.22. The molecule has 1 atom stereocenters. The van der Waals surface area contributed by atoms with Crippen molar-refractivity contribution in [1.29, 1.82) is 0 Å². The Morgan fingerprint density at radius 1 is 1.50 bits per heavy atom. The first-order valence-corrected chi connectivity index (χ1v) is 5.85. The molecular weight excluding hydrogens is 238 g/mol. The summed E-state index contributed by atoms with van der Waals surface area (Å²) in [5.74, 6) is 0.0367. The molecule has 86 valence electrons. The van der Waals surface area contributed by atoms with Crippen LogP contribution in [0.4, 0.5) is 8.78 Å². The Bertz CT molecular complexity index is 541. The van der Waals surface area contributed by atoms with Gasteiger partial charge in [-0.1, -0.05) is 0 Å². The molecule has 0 amide bonds. The molecular formula is C9H8F2N2O2S. The minimum atomic E-state index is -2.86. The van der Waals surface area contributed by atoms with Gasteiger partial charge in [-0.15, -0.1) is 0 Å². The van der Waals surface area contributed by atoms with Crippen molar-refractivity contribution in [2.45, 2.75) is 6.61 Å². The fourth-order valence-corrected chi connectivity index (χ4v) is 1.96. The third kappa shape index (κ3) is 2.04. The van der Waals surface area contributed by atoms with Crippen LogP contribution in [-0.4, -0.2) is 26.0 Å². The molecule has 1 aromatic carbocycles. The summed E-state index contributed by atoms with van der Waals surface area (Å²) >= 11 is 0. The lowest BCUT2D eigenvalue weighted by atomic mass is 10.3. The summed E-state index contributed by atoms with van der Waals surface area (Å²) in [6.45, 7) is -2.86. The van der Waals surface area contributed by atoms with E-state index in [4.69, 9.17) is 0 Å². The molecule has 0 aliphatic carbocycles. The van der Waals surface area contributed by atoms with Gasteiger partial charge in [-0.25, -0.2) is 13.2 Å². The van der Waals surface area contributed by atoms with Crippen molar-refractivity contribution < 1.29 is 17.7 Å². The summed E-state index contributed by atoms with van der Waals surface area (Å²) in [5, 5.41) is 0. The smallest absolute Gasteiger partial charge is 0.387 e. The number of benzene rings is 1. The van der Waals surface area contributed by atoms with E-state index in [2.05, 4.69) is 9.72 Å². The highest BCUT2D eigenvalue weighted by Gasteiger charge is 2.09. The number of rotatable bonds is 3. The van der Waals surface area contributed by atoms with Crippen LogP contribution >= 0.6 is 0 Å². The molecule has 0 N–H and O–H groups in total. The van der Waals surface area contributed by atoms with Gasteiger partial charge in [0.05, 0.1) is 11.0 Å². The van der Waals surface area contributed by atoms with E-state index in [1.165, 1.54) is 28.7 Å². The normalized spacial score (nSPS) is 13.2. The molecule has 0 saturated heterocycles. The van der Waals surface area contributed by atoms with Gasteiger partial charge in [0.25, 0.3) is 0 Å². The van der Waals surface area contributed by atoms with Crippen molar-refractivity contribution in [1.82, 2.24) is 8.96 Å². The van der Waals surface area contributed by atoms with Crippen LogP contribution in [0.15, 0.2) is 24.5 Å². The monoisotopic (exact) mass is 246 g/mol. The number of imidazole rings is 1. The molecule has 2 rings (SSSR count). The van der Waals surface area contributed by atoms with Gasteiger partial charge in [-0.2, -0.15) is 8.78 Å². The first-order chi connectivity index (χ1) is 7.58. The van der Waals surface area contributed by atoms with Crippen LogP contribution in [0.3, 0.4) is 0 Å². The van der Waals surface area contributed by atoms with Crippen molar-refractivity contribution in [2.75, 3.05) is 6.26 Å². The zero-order valence-electron chi connectivity index (χ0n) is 8.26. The van der Waals surface area contributed by atoms with Gasteiger partial charge in [0.1, 0.15) is 23.1 Å². The number of nitrogens with zero attached hydrogens (tertiary/aromatic N) is 2. The fraction of sp³-hybridized carbons (Fsp3) is 0.222. The van der Waals surface area contributed by atoms with E-state index in [0.717, 1.165) is 0 Å². The largest absolute Gasteiger partial charge is 0.435 e. The van der Waals surface area contributed by atoms with Crippen LogP contribution in [0.2, 0.25) is 0 Å². The highest BCUT2D eigenvalue weighted by molar-refractivity contribution is 7.82. The van der Waals surface area contributed by atoms with Crippen molar-refractivity contribution in [3.05, 3.63) is 24.5 Å². The maximum Gasteiger partial charge on any atom is 0.387 e. The maximum absolute atomic E-state index is 12.0. The lowest BCUT2D eigenvalue weighted by molar-refractivity contribution is -0.0497. The Kier molecular flexibility index (Phi) is 2.86. The number of hydrogen-bond acceptors (Lipinski definition) is 3. The third-order valence-electron chi connectivity index (χ3n) is 1.99. The van der Waals surface area contributed by atoms with Crippen LogP contribution in [0.5, 0.6) is 5.75 Å². The predicted octanol–water partition coefficient (Wildman–Crippen LogP) is 1.78. The van der Waals surface area contributed by atoms with Crippen LogP contribution in [-0.2, 0) is 11.0 Å². The van der Waals surface area contributed by atoms with Crippen LogP contribution in [0.1, 0.15) is 0 Å². The Labute approximate surface area is 92.4 Å². The third-order valence-corrected chi connectivity index (χ3v) is 2.83. The van der Waals surface area contributed by atoms with E-state index < -0.39 is 17.6 Å². The van der Waals surface area contributed by atoms with Gasteiger partial charge in [-0.3, -0.25) is 0 Å². The Morgan fingerprint density at radius 3 is 2.88 bits per heavy atom. The Morgan fingerprint density at radius 2 is 2.25 bits per heavy atom. The predicted molar refractivity (Wildman–Crippen MR) is 55.8 cm³/mol. The quantitative estimate of drug-likeness (QED) is 0.829. The number of alkyl halides is 2. The molecule has 0 aliphatic rings. The van der Waals surface area contributed by atoms with Gasteiger partial charge in [0, 0.05) is 12.3 Å². The molecule has 7 heteroatoms. The van der Waals surface area contributed by atoms with Crippen molar-refractivity contribution in [3.63, 3.8) is 0 Å². The van der Waals surface area contributed by atoms with E-state index in [1.807, 2.05) is 0 Å². The van der Waals surface area contributed by atoms with Crippen LogP contribution in [0, 0.1) is 0 Å². The Hall–Kier alpha value is -1.50. The van der Waals surface area contributed by atoms with Gasteiger partial charge in [0.15, 0.2) is 0 Å². The van der Waals surface area contributed by atoms with E-state index in [-0.39, 0.29) is 5.75 Å². The molecule has 0 aliphatic heterocycles. The highest BCUT2D eigenvalue weighted by Crippen LogP contribution is 2.21. The van der Waals surface area contributed by atoms with E-state index in [1.54, 1.807) is 6.07 Å². The molecule has 0 radical (unpaired) electrons. The van der Waals surface area contributed by atoms with Gasteiger partial charge in [0.2, 0.25) is 0 Å². The second-order valence-corrected chi connectivity index (χ2v) is 4.26. The molecule has 1 unspecified atom stereocenters. The first kappa shape index (κ1) is 11.0. The molecule has 1 heterocycles. The number of hydrogen-bond donors (Lipinski definition) is 0. The molecule has 0 spiro atoms. The van der Waals surface area contributed by atoms with Crippen LogP contribution < -0.4 is 4.74 Å². The maximum atomic E-state index is 12.0. The molecule has 16 heavy (non-hydrogen) atoms. The lowest BCUT2D eigenvalue weighted by Gasteiger charge is -2.04. The minimum absolute atomic E-state index is 0.0367. The van der Waals surface area contributed by atoms with Crippen molar-refractivity contribution in [2.24, 2.45) is 0 Å². The number of fused-ring (bicyclic) bond motifs is 1. The summed E-state index contributed by atoms with van der Waals surface area (Å²) in [6.07, 6.45) is 2.90. The second-order valence-electron chi connectivity index (χ2n) is 3.02. The first-order valence-electron chi connectivity index (χ1n) is 4.34. The summed E-state index contributed by atoms with van der Waals surface area (Å²) < 4.78 is 40.9. The van der Waals surface area contributed by atoms with Crippen molar-refractivity contribution >= 4 is 22.0 Å². The highest BCUT2D eigenvalue weighted by atomic mass is 32.2. The SMILES string of the molecule is CS(=O)n1cnc2cc(OC(F)F)ccc21. The molecule has 1 aromatic heterocycles. The van der Waals surface area contributed by atoms with E-state index >= 15 is 0 Å². The van der Waals surface area contributed by atoms with Gasteiger partial charge >= 0.3 is 6.61 Å². The molecule has 2 aromatic rings. The minimum Gasteiger partial charge on any atom is -0.435 e. The standard InChI is InChI=1S/C9H8F2N2O2S/c1-16(14)13-5-12-7-4-6(15-9(10)11)2-3-8(7)13/h2-5,9H,1H3. The number of halogens is 2. The zero-order valence-corrected chi connectivity index (χ0v) is 9.08. The van der Waals surface area contributed by atoms with E-state index in [9.17, 15) is 13.0 Å². The van der Waals surface area contributed by atoms with Crippen LogP contribution in [0.25, 0.3) is 11.0 Å². The average Bonchev–Trinajstić information content (AvgIpc) is 2.59. The number of aromatic nitrogens is 2. The number of ether oxygens (including phenoxy) is 1. The van der Waals surface area contributed by atoms with Gasteiger partial charge < -0.3 is 4.74 Å². The Balaban J connectivity index is 2.45. The average molecular weight is 246 g/mol. The zero-order chi connectivity index (χ0) is 11.7. The topological polar surface area (TPSA) is 44.1 Å². The van der Waals surface area contributed by atoms with E-state index in [0.29, 0.717) is 11.0 Å². The molecule has 0 fully saturated rings. The summed E-state index contributed by atoms with van der Waals surface area (Å²) in [4.78, 5) is 3.95. The summed E-state index contributed by atoms with van der Waals surface area (Å²) in [6, 6.07) is 4.31. The summed E-state index contributed by atoms with van der Waals surface area (Å²) in [5.41, 5.74) is 1.08. The molecule has 0 bridgehead atoms. The lowest BCUT2D eigenvalue weighted by Crippen LogP contribution is -2.02. The fourth-order valence-electron chi connectivity index (χ4n) is 1.35.